The largest absolute Gasteiger partial charge is 0.497 e. The first-order valence-corrected chi connectivity index (χ1v) is 8.33. The SMILES string of the molecule is COc1ccc(OCc2ccccn2)c(CN2CC(C)C(N)C2)c1.Cl. The number of halogens is 1. The Bertz CT molecular complexity index is 659. The maximum atomic E-state index is 6.15. The lowest BCUT2D eigenvalue weighted by molar-refractivity contribution is 0.278. The van der Waals surface area contributed by atoms with Crippen molar-refractivity contribution in [2.75, 3.05) is 20.2 Å². The Morgan fingerprint density at radius 1 is 1.24 bits per heavy atom. The lowest BCUT2D eigenvalue weighted by Gasteiger charge is -2.19. The number of likely N-dealkylation sites (tertiary alicyclic amines) is 1. The fourth-order valence-electron chi connectivity index (χ4n) is 3.05. The van der Waals surface area contributed by atoms with E-state index in [1.165, 1.54) is 0 Å². The zero-order valence-electron chi connectivity index (χ0n) is 14.7. The average molecular weight is 364 g/mol. The summed E-state index contributed by atoms with van der Waals surface area (Å²) in [5.41, 5.74) is 8.18. The summed E-state index contributed by atoms with van der Waals surface area (Å²) >= 11 is 0. The Kier molecular flexibility index (Phi) is 7.05. The summed E-state index contributed by atoms with van der Waals surface area (Å²) in [6, 6.07) is 12.0. The van der Waals surface area contributed by atoms with Crippen LogP contribution in [0, 0.1) is 5.92 Å². The van der Waals surface area contributed by atoms with E-state index in [1.807, 2.05) is 36.4 Å². The number of ether oxygens (including phenoxy) is 2. The molecule has 2 heterocycles. The van der Waals surface area contributed by atoms with E-state index in [0.717, 1.165) is 42.4 Å². The van der Waals surface area contributed by atoms with Crippen LogP contribution in [0.15, 0.2) is 42.6 Å². The predicted octanol–water partition coefficient (Wildman–Crippen LogP) is 2.87. The fourth-order valence-corrected chi connectivity index (χ4v) is 3.05. The molecule has 25 heavy (non-hydrogen) atoms. The van der Waals surface area contributed by atoms with E-state index in [4.69, 9.17) is 15.2 Å². The van der Waals surface area contributed by atoms with Crippen molar-refractivity contribution in [2.45, 2.75) is 26.1 Å². The highest BCUT2D eigenvalue weighted by Crippen LogP contribution is 2.28. The van der Waals surface area contributed by atoms with Crippen LogP contribution in [-0.2, 0) is 13.2 Å². The summed E-state index contributed by atoms with van der Waals surface area (Å²) in [4.78, 5) is 6.68. The van der Waals surface area contributed by atoms with Crippen LogP contribution in [0.2, 0.25) is 0 Å². The van der Waals surface area contributed by atoms with Gasteiger partial charge in [0.2, 0.25) is 0 Å². The molecule has 1 saturated heterocycles. The zero-order valence-corrected chi connectivity index (χ0v) is 15.5. The smallest absolute Gasteiger partial charge is 0.130 e. The molecule has 3 rings (SSSR count). The second-order valence-corrected chi connectivity index (χ2v) is 6.42. The van der Waals surface area contributed by atoms with Crippen LogP contribution < -0.4 is 15.2 Å². The highest BCUT2D eigenvalue weighted by molar-refractivity contribution is 5.85. The maximum absolute atomic E-state index is 6.15. The third-order valence-corrected chi connectivity index (χ3v) is 4.51. The lowest BCUT2D eigenvalue weighted by atomic mass is 10.1. The molecular weight excluding hydrogens is 338 g/mol. The van der Waals surface area contributed by atoms with Crippen LogP contribution in [0.4, 0.5) is 0 Å². The van der Waals surface area contributed by atoms with E-state index in [-0.39, 0.29) is 18.4 Å². The Hall–Kier alpha value is -1.82. The number of benzene rings is 1. The monoisotopic (exact) mass is 363 g/mol. The number of rotatable bonds is 6. The van der Waals surface area contributed by atoms with Crippen molar-refractivity contribution in [3.8, 4) is 11.5 Å². The number of hydrogen-bond donors (Lipinski definition) is 1. The first-order valence-electron chi connectivity index (χ1n) is 8.33. The number of methoxy groups -OCH3 is 1. The first kappa shape index (κ1) is 19.5. The van der Waals surface area contributed by atoms with Crippen LogP contribution in [-0.4, -0.2) is 36.1 Å². The molecule has 1 fully saturated rings. The van der Waals surface area contributed by atoms with E-state index in [9.17, 15) is 0 Å². The summed E-state index contributed by atoms with van der Waals surface area (Å²) in [5.74, 6) is 2.23. The maximum Gasteiger partial charge on any atom is 0.130 e. The van der Waals surface area contributed by atoms with Crippen LogP contribution in [0.1, 0.15) is 18.2 Å². The van der Waals surface area contributed by atoms with Gasteiger partial charge in [-0.1, -0.05) is 13.0 Å². The molecule has 1 aromatic carbocycles. The van der Waals surface area contributed by atoms with Crippen LogP contribution in [0.5, 0.6) is 11.5 Å². The molecule has 6 heteroatoms. The second kappa shape index (κ2) is 9.04. The first-order chi connectivity index (χ1) is 11.7. The summed E-state index contributed by atoms with van der Waals surface area (Å²) < 4.78 is 11.4. The Morgan fingerprint density at radius 3 is 2.72 bits per heavy atom. The van der Waals surface area contributed by atoms with Gasteiger partial charge in [0.1, 0.15) is 18.1 Å². The van der Waals surface area contributed by atoms with Crippen molar-refractivity contribution < 1.29 is 9.47 Å². The number of nitrogens with zero attached hydrogens (tertiary/aromatic N) is 2. The standard InChI is InChI=1S/C19H25N3O2.ClH/c1-14-10-22(12-18(14)20)11-15-9-17(23-2)6-7-19(15)24-13-16-5-3-4-8-21-16;/h3-9,14,18H,10-13,20H2,1-2H3;1H. The van der Waals surface area contributed by atoms with Gasteiger partial charge in [-0.05, 0) is 36.2 Å². The van der Waals surface area contributed by atoms with E-state index in [1.54, 1.807) is 13.3 Å². The minimum Gasteiger partial charge on any atom is -0.497 e. The second-order valence-electron chi connectivity index (χ2n) is 6.42. The quantitative estimate of drug-likeness (QED) is 0.855. The highest BCUT2D eigenvalue weighted by Gasteiger charge is 2.27. The number of aromatic nitrogens is 1. The third-order valence-electron chi connectivity index (χ3n) is 4.51. The molecule has 2 unspecified atom stereocenters. The number of hydrogen-bond acceptors (Lipinski definition) is 5. The van der Waals surface area contributed by atoms with Gasteiger partial charge < -0.3 is 15.2 Å². The van der Waals surface area contributed by atoms with Crippen molar-refractivity contribution in [1.29, 1.82) is 0 Å². The van der Waals surface area contributed by atoms with Crippen molar-refractivity contribution >= 4 is 12.4 Å². The van der Waals surface area contributed by atoms with Gasteiger partial charge in [-0.3, -0.25) is 9.88 Å². The molecule has 136 valence electrons. The molecule has 0 radical (unpaired) electrons. The van der Waals surface area contributed by atoms with Crippen LogP contribution in [0.3, 0.4) is 0 Å². The van der Waals surface area contributed by atoms with Gasteiger partial charge >= 0.3 is 0 Å². The van der Waals surface area contributed by atoms with Gasteiger partial charge in [-0.15, -0.1) is 12.4 Å². The Morgan fingerprint density at radius 2 is 2.08 bits per heavy atom. The number of pyridine rings is 1. The normalized spacial score (nSPS) is 20.1. The van der Waals surface area contributed by atoms with Crippen molar-refractivity contribution in [1.82, 2.24) is 9.88 Å². The molecule has 0 spiro atoms. The fraction of sp³-hybridized carbons (Fsp3) is 0.421. The van der Waals surface area contributed by atoms with E-state index in [0.29, 0.717) is 12.5 Å². The molecule has 0 bridgehead atoms. The molecular formula is C19H26ClN3O2. The molecule has 2 aromatic rings. The molecule has 1 aromatic heterocycles. The number of nitrogens with two attached hydrogens (primary N) is 1. The van der Waals surface area contributed by atoms with Crippen LogP contribution in [0.25, 0.3) is 0 Å². The predicted molar refractivity (Wildman–Crippen MR) is 101 cm³/mol. The average Bonchev–Trinajstić information content (AvgIpc) is 2.92. The van der Waals surface area contributed by atoms with Gasteiger partial charge in [0.25, 0.3) is 0 Å². The molecule has 0 amide bonds. The van der Waals surface area contributed by atoms with Crippen molar-refractivity contribution in [3.05, 3.63) is 53.9 Å². The van der Waals surface area contributed by atoms with Gasteiger partial charge in [-0.2, -0.15) is 0 Å². The summed E-state index contributed by atoms with van der Waals surface area (Å²) in [6.07, 6.45) is 1.78. The van der Waals surface area contributed by atoms with Gasteiger partial charge in [0, 0.05) is 37.4 Å². The van der Waals surface area contributed by atoms with Crippen molar-refractivity contribution in [3.63, 3.8) is 0 Å². The summed E-state index contributed by atoms with van der Waals surface area (Å²) in [5, 5.41) is 0. The minimum atomic E-state index is 0. The molecule has 1 aliphatic rings. The Balaban J connectivity index is 0.00000225. The minimum absolute atomic E-state index is 0. The molecule has 0 aliphatic carbocycles. The lowest BCUT2D eigenvalue weighted by Crippen LogP contribution is -2.28. The molecule has 2 N–H and O–H groups in total. The summed E-state index contributed by atoms with van der Waals surface area (Å²) in [6.45, 7) is 5.40. The molecule has 5 nitrogen and oxygen atoms in total. The molecule has 0 saturated carbocycles. The van der Waals surface area contributed by atoms with E-state index in [2.05, 4.69) is 16.8 Å². The molecule has 2 atom stereocenters. The Labute approximate surface area is 155 Å². The van der Waals surface area contributed by atoms with Gasteiger partial charge in [0.15, 0.2) is 0 Å². The third kappa shape index (κ3) is 5.08. The van der Waals surface area contributed by atoms with Gasteiger partial charge in [0.05, 0.1) is 12.8 Å². The van der Waals surface area contributed by atoms with Crippen molar-refractivity contribution in [2.24, 2.45) is 11.7 Å². The zero-order chi connectivity index (χ0) is 16.9. The summed E-state index contributed by atoms with van der Waals surface area (Å²) in [7, 11) is 1.68. The van der Waals surface area contributed by atoms with E-state index < -0.39 is 0 Å². The van der Waals surface area contributed by atoms with Crippen LogP contribution >= 0.6 is 12.4 Å². The van der Waals surface area contributed by atoms with Gasteiger partial charge in [-0.25, -0.2) is 0 Å². The van der Waals surface area contributed by atoms with E-state index >= 15 is 0 Å². The highest BCUT2D eigenvalue weighted by atomic mass is 35.5. The molecule has 1 aliphatic heterocycles. The topological polar surface area (TPSA) is 60.6 Å².